The van der Waals surface area contributed by atoms with Crippen molar-refractivity contribution >= 4 is 62.5 Å². The third-order valence-corrected chi connectivity index (χ3v) is 9.59. The number of hydrogen-bond donors (Lipinski definition) is 2. The second-order valence-corrected chi connectivity index (χ2v) is 12.8. The van der Waals surface area contributed by atoms with Gasteiger partial charge in [0, 0.05) is 29.7 Å². The Kier molecular flexibility index (Phi) is 7.15. The van der Waals surface area contributed by atoms with Gasteiger partial charge in [-0.25, -0.2) is 13.2 Å². The number of aromatic nitrogens is 1. The Morgan fingerprint density at radius 2 is 1.74 bits per heavy atom. The smallest absolute Gasteiger partial charge is 0.478 e. The normalized spacial score (nSPS) is 19.4. The van der Waals surface area contributed by atoms with Gasteiger partial charge in [0.2, 0.25) is 10.0 Å². The average molecular weight is 574 g/mol. The van der Waals surface area contributed by atoms with Gasteiger partial charge in [-0.1, -0.05) is 17.7 Å². The number of fused-ring (bicyclic) bond motifs is 1. The SMILES string of the molecule is CC1(C)OB(c2ccc(C(=O)O)c(Nc3c(S(=O)(=O)N4CCOCC4)cnc4ccc(Cl)cc34)c2)OC1(C)C. The molecule has 0 bridgehead atoms. The van der Waals surface area contributed by atoms with E-state index in [1.165, 1.54) is 16.6 Å². The van der Waals surface area contributed by atoms with Crippen molar-refractivity contribution in [1.82, 2.24) is 9.29 Å². The summed E-state index contributed by atoms with van der Waals surface area (Å²) in [5, 5.41) is 13.9. The van der Waals surface area contributed by atoms with Gasteiger partial charge in [-0.3, -0.25) is 4.98 Å². The van der Waals surface area contributed by atoms with Crippen molar-refractivity contribution in [2.24, 2.45) is 0 Å². The predicted octanol–water partition coefficient (Wildman–Crippen LogP) is 3.65. The molecule has 5 rings (SSSR count). The van der Waals surface area contributed by atoms with Gasteiger partial charge < -0.3 is 24.5 Å². The minimum atomic E-state index is -4.02. The number of benzene rings is 2. The molecule has 0 atom stereocenters. The van der Waals surface area contributed by atoms with Crippen LogP contribution in [0.3, 0.4) is 0 Å². The second kappa shape index (κ2) is 10.0. The van der Waals surface area contributed by atoms with Gasteiger partial charge in [0.05, 0.1) is 46.9 Å². The largest absolute Gasteiger partial charge is 0.494 e. The zero-order valence-electron chi connectivity index (χ0n) is 22.0. The lowest BCUT2D eigenvalue weighted by Gasteiger charge is -2.32. The first-order valence-corrected chi connectivity index (χ1v) is 14.3. The molecule has 3 heterocycles. The van der Waals surface area contributed by atoms with Crippen LogP contribution in [0, 0.1) is 0 Å². The van der Waals surface area contributed by atoms with E-state index < -0.39 is 34.3 Å². The zero-order chi connectivity index (χ0) is 28.2. The highest BCUT2D eigenvalue weighted by Crippen LogP contribution is 2.38. The van der Waals surface area contributed by atoms with E-state index in [4.69, 9.17) is 25.6 Å². The molecule has 0 radical (unpaired) electrons. The molecule has 2 aliphatic heterocycles. The number of carboxylic acids is 1. The Bertz CT molecular complexity index is 1540. The maximum Gasteiger partial charge on any atom is 0.494 e. The van der Waals surface area contributed by atoms with E-state index in [1.807, 2.05) is 27.7 Å². The molecule has 13 heteroatoms. The van der Waals surface area contributed by atoms with Crippen molar-refractivity contribution in [2.75, 3.05) is 31.6 Å². The van der Waals surface area contributed by atoms with Crippen molar-refractivity contribution in [1.29, 1.82) is 0 Å². The molecule has 206 valence electrons. The highest BCUT2D eigenvalue weighted by molar-refractivity contribution is 7.89. The molecule has 0 unspecified atom stereocenters. The predicted molar refractivity (Wildman–Crippen MR) is 149 cm³/mol. The van der Waals surface area contributed by atoms with Crippen LogP contribution in [-0.4, -0.2) is 73.4 Å². The lowest BCUT2D eigenvalue weighted by Crippen LogP contribution is -2.41. The van der Waals surface area contributed by atoms with Gasteiger partial charge in [-0.05, 0) is 63.5 Å². The van der Waals surface area contributed by atoms with Gasteiger partial charge in [-0.2, -0.15) is 4.31 Å². The lowest BCUT2D eigenvalue weighted by molar-refractivity contribution is 0.00578. The molecular formula is C26H29BClN3O7S. The summed E-state index contributed by atoms with van der Waals surface area (Å²) in [4.78, 5) is 16.5. The van der Waals surface area contributed by atoms with Gasteiger partial charge in [0.15, 0.2) is 0 Å². The van der Waals surface area contributed by atoms with E-state index in [0.29, 0.717) is 21.4 Å². The summed E-state index contributed by atoms with van der Waals surface area (Å²) in [6.07, 6.45) is 1.28. The van der Waals surface area contributed by atoms with Crippen molar-refractivity contribution in [2.45, 2.75) is 43.8 Å². The first-order chi connectivity index (χ1) is 18.3. The molecule has 3 aromatic rings. The fourth-order valence-corrected chi connectivity index (χ4v) is 6.19. The highest BCUT2D eigenvalue weighted by atomic mass is 35.5. The summed E-state index contributed by atoms with van der Waals surface area (Å²) in [5.74, 6) is -1.19. The molecule has 2 N–H and O–H groups in total. The topological polar surface area (TPSA) is 127 Å². The summed E-state index contributed by atoms with van der Waals surface area (Å²) < 4.78 is 46.5. The summed E-state index contributed by atoms with van der Waals surface area (Å²) in [7, 11) is -4.77. The number of anilines is 2. The number of halogens is 1. The van der Waals surface area contributed by atoms with Crippen molar-refractivity contribution < 1.29 is 32.4 Å². The second-order valence-electron chi connectivity index (χ2n) is 10.5. The van der Waals surface area contributed by atoms with Crippen molar-refractivity contribution in [3.8, 4) is 0 Å². The summed E-state index contributed by atoms with van der Waals surface area (Å²) >= 11 is 6.30. The molecule has 2 aromatic carbocycles. The molecule has 0 saturated carbocycles. The van der Waals surface area contributed by atoms with E-state index in [-0.39, 0.29) is 48.1 Å². The molecule has 2 saturated heterocycles. The van der Waals surface area contributed by atoms with Crippen LogP contribution in [0.15, 0.2) is 47.5 Å². The van der Waals surface area contributed by atoms with Crippen LogP contribution >= 0.6 is 11.6 Å². The number of sulfonamides is 1. The summed E-state index contributed by atoms with van der Waals surface area (Å²) in [6, 6.07) is 9.60. The van der Waals surface area contributed by atoms with Crippen LogP contribution in [0.2, 0.25) is 5.02 Å². The molecule has 39 heavy (non-hydrogen) atoms. The van der Waals surface area contributed by atoms with Crippen LogP contribution in [0.25, 0.3) is 10.9 Å². The molecule has 1 aromatic heterocycles. The van der Waals surface area contributed by atoms with Gasteiger partial charge in [-0.15, -0.1) is 0 Å². The first-order valence-electron chi connectivity index (χ1n) is 12.5. The van der Waals surface area contributed by atoms with Gasteiger partial charge in [0.1, 0.15) is 4.90 Å². The minimum absolute atomic E-state index is 0.0584. The molecule has 0 spiro atoms. The number of ether oxygens (including phenoxy) is 1. The highest BCUT2D eigenvalue weighted by Gasteiger charge is 2.51. The number of nitrogens with one attached hydrogen (secondary N) is 1. The van der Waals surface area contributed by atoms with Crippen LogP contribution < -0.4 is 10.8 Å². The number of nitrogens with zero attached hydrogens (tertiary/aromatic N) is 2. The van der Waals surface area contributed by atoms with E-state index >= 15 is 0 Å². The Morgan fingerprint density at radius 3 is 2.38 bits per heavy atom. The molecule has 10 nitrogen and oxygen atoms in total. The van der Waals surface area contributed by atoms with Crippen LogP contribution in [-0.2, 0) is 24.1 Å². The fraction of sp³-hybridized carbons (Fsp3) is 0.385. The average Bonchev–Trinajstić information content (AvgIpc) is 3.11. The molecule has 2 fully saturated rings. The molecular weight excluding hydrogens is 545 g/mol. The Hall–Kier alpha value is -2.74. The van der Waals surface area contributed by atoms with E-state index in [1.54, 1.807) is 30.3 Å². The van der Waals surface area contributed by atoms with Gasteiger partial charge >= 0.3 is 13.1 Å². The van der Waals surface area contributed by atoms with Crippen molar-refractivity contribution in [3.63, 3.8) is 0 Å². The molecule has 2 aliphatic rings. The zero-order valence-corrected chi connectivity index (χ0v) is 23.6. The molecule has 0 aliphatic carbocycles. The maximum atomic E-state index is 13.8. The number of pyridine rings is 1. The standard InChI is InChI=1S/C26H29BClN3O7S/c1-25(2)26(3,4)38-27(37-25)16-5-7-18(24(32)33)21(13-16)30-23-19-14-17(28)6-8-20(19)29-15-22(23)39(34,35)31-9-11-36-12-10-31/h5-8,13-15H,9-12H2,1-4H3,(H,29,30)(H,32,33). The third-order valence-electron chi connectivity index (χ3n) is 7.44. The quantitative estimate of drug-likeness (QED) is 0.425. The number of rotatable bonds is 6. The summed E-state index contributed by atoms with van der Waals surface area (Å²) in [6.45, 7) is 8.62. The van der Waals surface area contributed by atoms with Crippen LogP contribution in [0.1, 0.15) is 38.1 Å². The number of hydrogen-bond acceptors (Lipinski definition) is 8. The lowest BCUT2D eigenvalue weighted by atomic mass is 9.78. The fourth-order valence-electron chi connectivity index (χ4n) is 4.51. The Morgan fingerprint density at radius 1 is 1.08 bits per heavy atom. The Balaban J connectivity index is 1.66. The number of morpholine rings is 1. The van der Waals surface area contributed by atoms with E-state index in [9.17, 15) is 18.3 Å². The third kappa shape index (κ3) is 5.12. The van der Waals surface area contributed by atoms with Crippen LogP contribution in [0.4, 0.5) is 11.4 Å². The minimum Gasteiger partial charge on any atom is -0.478 e. The Labute approximate surface area is 232 Å². The monoisotopic (exact) mass is 573 g/mol. The van der Waals surface area contributed by atoms with Crippen molar-refractivity contribution in [3.05, 3.63) is 53.2 Å². The first kappa shape index (κ1) is 27.8. The number of carbonyl (C=O) groups is 1. The molecule has 0 amide bonds. The summed E-state index contributed by atoms with van der Waals surface area (Å²) in [5.41, 5.74) is 0.139. The van der Waals surface area contributed by atoms with Crippen LogP contribution in [0.5, 0.6) is 0 Å². The number of carboxylic acid groups (broad SMARTS) is 1. The maximum absolute atomic E-state index is 13.8. The van der Waals surface area contributed by atoms with E-state index in [0.717, 1.165) is 0 Å². The number of aromatic carboxylic acids is 1. The van der Waals surface area contributed by atoms with Gasteiger partial charge in [0.25, 0.3) is 0 Å². The van der Waals surface area contributed by atoms with E-state index in [2.05, 4.69) is 10.3 Å².